The second-order valence-corrected chi connectivity index (χ2v) is 9.54. The summed E-state index contributed by atoms with van der Waals surface area (Å²) in [5.41, 5.74) is 2.48. The van der Waals surface area contributed by atoms with E-state index < -0.39 is 0 Å². The van der Waals surface area contributed by atoms with Gasteiger partial charge in [-0.3, -0.25) is 4.90 Å². The Labute approximate surface area is 183 Å². The zero-order chi connectivity index (χ0) is 19.5. The predicted octanol–water partition coefficient (Wildman–Crippen LogP) is 5.02. The molecule has 1 aromatic carbocycles. The second-order valence-electron chi connectivity index (χ2n) is 8.09. The number of hydrogen-bond donors (Lipinski definition) is 1. The molecule has 0 bridgehead atoms. The molecule has 1 N–H and O–H groups in total. The number of benzene rings is 1. The number of hydrogen-bond acceptors (Lipinski definition) is 3. The fourth-order valence-electron chi connectivity index (χ4n) is 4.61. The average Bonchev–Trinajstić information content (AvgIpc) is 2.70. The van der Waals surface area contributed by atoms with Gasteiger partial charge < -0.3 is 10.2 Å². The Morgan fingerprint density at radius 2 is 1.75 bits per heavy atom. The Morgan fingerprint density at radius 3 is 2.46 bits per heavy atom. The van der Waals surface area contributed by atoms with Crippen LogP contribution in [0.4, 0.5) is 0 Å². The lowest BCUT2D eigenvalue weighted by molar-refractivity contribution is 0.0814. The maximum atomic E-state index is 6.70. The molecular weight excluding hydrogens is 413 g/mol. The van der Waals surface area contributed by atoms with Crippen LogP contribution < -0.4 is 5.32 Å². The van der Waals surface area contributed by atoms with Crippen LogP contribution in [0.1, 0.15) is 30.9 Å². The van der Waals surface area contributed by atoms with Gasteiger partial charge in [0.05, 0.1) is 11.4 Å². The van der Waals surface area contributed by atoms with Crippen molar-refractivity contribution in [2.45, 2.75) is 30.7 Å². The van der Waals surface area contributed by atoms with E-state index in [1.807, 2.05) is 18.2 Å². The molecule has 1 aliphatic carbocycles. The van der Waals surface area contributed by atoms with Gasteiger partial charge in [0.1, 0.15) is 0 Å². The van der Waals surface area contributed by atoms with Gasteiger partial charge in [-0.2, -0.15) is 0 Å². The minimum Gasteiger partial charge on any atom is -0.364 e. The Bertz CT molecular complexity index is 725. The number of nitrogens with one attached hydrogen (secondary N) is 1. The topological polar surface area (TPSA) is 18.5 Å². The summed E-state index contributed by atoms with van der Waals surface area (Å²) in [6.07, 6.45) is 7.37. The molecule has 2 saturated heterocycles. The van der Waals surface area contributed by atoms with E-state index >= 15 is 0 Å². The zero-order valence-electron chi connectivity index (χ0n) is 16.1. The van der Waals surface area contributed by atoms with Crippen molar-refractivity contribution in [3.63, 3.8) is 0 Å². The van der Waals surface area contributed by atoms with Crippen LogP contribution >= 0.6 is 34.8 Å². The highest BCUT2D eigenvalue weighted by molar-refractivity contribution is 6.31. The zero-order valence-corrected chi connectivity index (χ0v) is 18.4. The van der Waals surface area contributed by atoms with Crippen molar-refractivity contribution < 1.29 is 0 Å². The monoisotopic (exact) mass is 439 g/mol. The Kier molecular flexibility index (Phi) is 6.90. The minimum absolute atomic E-state index is 0.0664. The van der Waals surface area contributed by atoms with Crippen LogP contribution in [0.15, 0.2) is 47.1 Å². The molecule has 6 heteroatoms. The lowest BCUT2D eigenvalue weighted by Gasteiger charge is -2.46. The number of allylic oxidation sites excluding steroid dienone is 4. The lowest BCUT2D eigenvalue weighted by Crippen LogP contribution is -2.50. The first-order chi connectivity index (χ1) is 13.6. The van der Waals surface area contributed by atoms with E-state index in [0.717, 1.165) is 48.7 Å². The second kappa shape index (κ2) is 9.40. The molecule has 1 aromatic rings. The molecule has 0 aromatic heterocycles. The standard InChI is InChI=1S/C22H28Cl3N3/c23-18-3-1-17(2-4-18)22-15-27(14-16-7-9-26-10-8-16)11-12-28(22)21-6-5-19(24)13-20(21)25/h1-6,16,20,22,26H,7-15H2. The molecule has 2 unspecified atom stereocenters. The van der Waals surface area contributed by atoms with Crippen molar-refractivity contribution in [2.75, 3.05) is 39.3 Å². The molecule has 2 aliphatic heterocycles. The highest BCUT2D eigenvalue weighted by Crippen LogP contribution is 2.36. The number of rotatable bonds is 4. The number of alkyl halides is 1. The van der Waals surface area contributed by atoms with Crippen LogP contribution in [0.3, 0.4) is 0 Å². The molecule has 2 atom stereocenters. The van der Waals surface area contributed by atoms with Gasteiger partial charge in [0, 0.05) is 48.4 Å². The lowest BCUT2D eigenvalue weighted by atomic mass is 9.95. The minimum atomic E-state index is -0.0664. The van der Waals surface area contributed by atoms with E-state index in [1.54, 1.807) is 0 Å². The molecule has 152 valence electrons. The van der Waals surface area contributed by atoms with Crippen molar-refractivity contribution in [2.24, 2.45) is 5.92 Å². The molecular formula is C22H28Cl3N3. The van der Waals surface area contributed by atoms with Crippen LogP contribution in [-0.4, -0.2) is 54.4 Å². The Balaban J connectivity index is 1.55. The van der Waals surface area contributed by atoms with Gasteiger partial charge >= 0.3 is 0 Å². The normalized spacial score (nSPS) is 27.5. The highest BCUT2D eigenvalue weighted by Gasteiger charge is 2.33. The third-order valence-electron chi connectivity index (χ3n) is 6.16. The van der Waals surface area contributed by atoms with E-state index in [9.17, 15) is 0 Å². The molecule has 4 rings (SSSR count). The summed E-state index contributed by atoms with van der Waals surface area (Å²) >= 11 is 19.1. The molecule has 0 spiro atoms. The van der Waals surface area contributed by atoms with Crippen LogP contribution in [0.5, 0.6) is 0 Å². The molecule has 3 nitrogen and oxygen atoms in total. The average molecular weight is 441 g/mol. The molecule has 3 aliphatic rings. The molecule has 0 radical (unpaired) electrons. The number of nitrogens with zero attached hydrogens (tertiary/aromatic N) is 2. The van der Waals surface area contributed by atoms with Gasteiger partial charge in [0.2, 0.25) is 0 Å². The van der Waals surface area contributed by atoms with Gasteiger partial charge in [-0.05, 0) is 61.7 Å². The molecule has 2 fully saturated rings. The maximum Gasteiger partial charge on any atom is 0.0783 e. The summed E-state index contributed by atoms with van der Waals surface area (Å²) in [5, 5.41) is 5.01. The van der Waals surface area contributed by atoms with Gasteiger partial charge in [0.15, 0.2) is 0 Å². The van der Waals surface area contributed by atoms with Gasteiger partial charge in [-0.1, -0.05) is 35.3 Å². The molecule has 0 saturated carbocycles. The summed E-state index contributed by atoms with van der Waals surface area (Å²) in [6.45, 7) is 6.57. The molecule has 2 heterocycles. The predicted molar refractivity (Wildman–Crippen MR) is 119 cm³/mol. The van der Waals surface area contributed by atoms with E-state index in [2.05, 4.69) is 33.3 Å². The summed E-state index contributed by atoms with van der Waals surface area (Å²) in [4.78, 5) is 5.13. The smallest absolute Gasteiger partial charge is 0.0783 e. The summed E-state index contributed by atoms with van der Waals surface area (Å²) in [5.74, 6) is 0.801. The highest BCUT2D eigenvalue weighted by atomic mass is 35.5. The van der Waals surface area contributed by atoms with Gasteiger partial charge in [0.25, 0.3) is 0 Å². The first-order valence-electron chi connectivity index (χ1n) is 10.3. The van der Waals surface area contributed by atoms with Gasteiger partial charge in [-0.15, -0.1) is 11.6 Å². The number of piperazine rings is 1. The quantitative estimate of drug-likeness (QED) is 0.663. The largest absolute Gasteiger partial charge is 0.364 e. The van der Waals surface area contributed by atoms with Crippen molar-refractivity contribution >= 4 is 34.8 Å². The van der Waals surface area contributed by atoms with E-state index in [1.165, 1.54) is 30.6 Å². The van der Waals surface area contributed by atoms with Crippen molar-refractivity contribution in [3.05, 3.63) is 57.7 Å². The van der Waals surface area contributed by atoms with Gasteiger partial charge in [-0.25, -0.2) is 0 Å². The van der Waals surface area contributed by atoms with Crippen LogP contribution in [0, 0.1) is 5.92 Å². The first-order valence-corrected chi connectivity index (χ1v) is 11.4. The van der Waals surface area contributed by atoms with Crippen molar-refractivity contribution in [1.29, 1.82) is 0 Å². The Morgan fingerprint density at radius 1 is 1.00 bits per heavy atom. The van der Waals surface area contributed by atoms with Crippen LogP contribution in [-0.2, 0) is 0 Å². The number of piperidine rings is 1. The summed E-state index contributed by atoms with van der Waals surface area (Å²) in [7, 11) is 0. The Hall–Kier alpha value is -0.710. The fourth-order valence-corrected chi connectivity index (χ4v) is 5.40. The van der Waals surface area contributed by atoms with Crippen LogP contribution in [0.25, 0.3) is 0 Å². The molecule has 0 amide bonds. The number of halogens is 3. The summed E-state index contributed by atoms with van der Waals surface area (Å²) < 4.78 is 0. The SMILES string of the molecule is ClC1=CC=C(N2CCN(CC3CCNCC3)CC2c2ccc(Cl)cc2)C(Cl)C1. The fraction of sp³-hybridized carbons (Fsp3) is 0.545. The van der Waals surface area contributed by atoms with Crippen LogP contribution in [0.2, 0.25) is 5.02 Å². The van der Waals surface area contributed by atoms with E-state index in [4.69, 9.17) is 34.8 Å². The maximum absolute atomic E-state index is 6.70. The van der Waals surface area contributed by atoms with Crippen molar-refractivity contribution in [3.8, 4) is 0 Å². The third-order valence-corrected chi connectivity index (χ3v) is 7.07. The van der Waals surface area contributed by atoms with E-state index in [0.29, 0.717) is 6.42 Å². The van der Waals surface area contributed by atoms with E-state index in [-0.39, 0.29) is 11.4 Å². The summed E-state index contributed by atoms with van der Waals surface area (Å²) in [6, 6.07) is 8.58. The first kappa shape index (κ1) is 20.6. The third kappa shape index (κ3) is 4.88. The van der Waals surface area contributed by atoms with Crippen molar-refractivity contribution in [1.82, 2.24) is 15.1 Å². The molecule has 28 heavy (non-hydrogen) atoms.